The Balaban J connectivity index is 1.53. The Morgan fingerprint density at radius 1 is 0.925 bits per heavy atom. The largest absolute Gasteiger partial charge is 0.495 e. The van der Waals surface area contributed by atoms with Crippen LogP contribution >= 0.6 is 11.6 Å². The van der Waals surface area contributed by atoms with Gasteiger partial charge in [-0.25, -0.2) is 16.8 Å². The molecule has 1 aliphatic heterocycles. The maximum absolute atomic E-state index is 13.3. The summed E-state index contributed by atoms with van der Waals surface area (Å²) in [6.45, 7) is 2.10. The Labute approximate surface area is 240 Å². The van der Waals surface area contributed by atoms with Gasteiger partial charge in [-0.15, -0.1) is 0 Å². The molecule has 3 aromatic rings. The minimum atomic E-state index is -4.15. The standard InChI is InChI=1S/C27H31ClN4O6S2/c1-31-14-16-32(17-15-31)40(36,37)22-10-8-21(9-11-22)29-27(33)25(18-20-6-4-3-5-7-20)30-39(34,35)23-12-13-26(38-2)24(28)19-23/h3-13,19,25,30H,14-18H2,1-2H3,(H,29,33)/t25-/m1/s1. The van der Waals surface area contributed by atoms with E-state index in [0.29, 0.717) is 37.6 Å². The molecule has 0 bridgehead atoms. The summed E-state index contributed by atoms with van der Waals surface area (Å²) in [6, 6.07) is 17.7. The van der Waals surface area contributed by atoms with Crippen molar-refractivity contribution in [2.45, 2.75) is 22.3 Å². The van der Waals surface area contributed by atoms with Gasteiger partial charge in [-0.05, 0) is 61.5 Å². The number of anilines is 1. The van der Waals surface area contributed by atoms with E-state index >= 15 is 0 Å². The van der Waals surface area contributed by atoms with E-state index in [2.05, 4.69) is 14.9 Å². The first-order chi connectivity index (χ1) is 19.0. The van der Waals surface area contributed by atoms with Gasteiger partial charge in [0.25, 0.3) is 0 Å². The molecule has 1 aliphatic rings. The molecule has 0 radical (unpaired) electrons. The highest BCUT2D eigenvalue weighted by atomic mass is 35.5. The van der Waals surface area contributed by atoms with Crippen LogP contribution in [-0.2, 0) is 31.3 Å². The summed E-state index contributed by atoms with van der Waals surface area (Å²) in [7, 11) is -4.45. The fourth-order valence-corrected chi connectivity index (χ4v) is 7.19. The van der Waals surface area contributed by atoms with E-state index in [0.717, 1.165) is 5.56 Å². The maximum atomic E-state index is 13.3. The normalized spacial score (nSPS) is 15.9. The topological polar surface area (TPSA) is 125 Å². The molecule has 0 spiro atoms. The van der Waals surface area contributed by atoms with Gasteiger partial charge < -0.3 is 15.0 Å². The number of likely N-dealkylation sites (N-methyl/N-ethyl adjacent to an activating group) is 1. The summed E-state index contributed by atoms with van der Waals surface area (Å²) >= 11 is 6.13. The molecule has 0 aromatic heterocycles. The van der Waals surface area contributed by atoms with Crippen molar-refractivity contribution < 1.29 is 26.4 Å². The van der Waals surface area contributed by atoms with Crippen LogP contribution in [0.5, 0.6) is 5.75 Å². The summed E-state index contributed by atoms with van der Waals surface area (Å²) in [4.78, 5) is 15.4. The van der Waals surface area contributed by atoms with E-state index in [9.17, 15) is 21.6 Å². The van der Waals surface area contributed by atoms with Crippen LogP contribution in [0.15, 0.2) is 82.6 Å². The summed E-state index contributed by atoms with van der Waals surface area (Å²) < 4.78 is 61.5. The van der Waals surface area contributed by atoms with Gasteiger partial charge in [-0.3, -0.25) is 4.79 Å². The number of carbonyl (C=O) groups is 1. The number of sulfonamides is 2. The molecule has 0 aliphatic carbocycles. The number of benzene rings is 3. The van der Waals surface area contributed by atoms with Crippen LogP contribution in [0.1, 0.15) is 5.56 Å². The number of rotatable bonds is 10. The first kappa shape index (κ1) is 30.0. The molecule has 1 fully saturated rings. The molecule has 2 N–H and O–H groups in total. The molecule has 0 unspecified atom stereocenters. The minimum absolute atomic E-state index is 0.0751. The number of nitrogens with zero attached hydrogens (tertiary/aromatic N) is 2. The number of ether oxygens (including phenoxy) is 1. The Morgan fingerprint density at radius 2 is 1.55 bits per heavy atom. The van der Waals surface area contributed by atoms with Crippen LogP contribution in [-0.4, -0.2) is 78.3 Å². The zero-order chi connectivity index (χ0) is 28.9. The molecule has 3 aromatic carbocycles. The lowest BCUT2D eigenvalue weighted by atomic mass is 10.1. The number of halogens is 1. The zero-order valence-electron chi connectivity index (χ0n) is 22.1. The van der Waals surface area contributed by atoms with Crippen LogP contribution in [0, 0.1) is 0 Å². The molecule has 13 heteroatoms. The van der Waals surface area contributed by atoms with Gasteiger partial charge in [0.05, 0.1) is 21.9 Å². The Morgan fingerprint density at radius 3 is 2.15 bits per heavy atom. The van der Waals surface area contributed by atoms with Crippen molar-refractivity contribution in [1.82, 2.24) is 13.9 Å². The Hall–Kier alpha value is -3.00. The van der Waals surface area contributed by atoms with Gasteiger partial charge in [0.15, 0.2) is 0 Å². The fourth-order valence-electron chi connectivity index (χ4n) is 4.22. The van der Waals surface area contributed by atoms with Crippen molar-refractivity contribution in [1.29, 1.82) is 0 Å². The second-order valence-electron chi connectivity index (χ2n) is 9.38. The highest BCUT2D eigenvalue weighted by Crippen LogP contribution is 2.27. The summed E-state index contributed by atoms with van der Waals surface area (Å²) in [6.07, 6.45) is 0.0751. The molecule has 1 heterocycles. The van der Waals surface area contributed by atoms with Gasteiger partial charge in [0.1, 0.15) is 11.8 Å². The van der Waals surface area contributed by atoms with Crippen LogP contribution in [0.4, 0.5) is 5.69 Å². The average molecular weight is 607 g/mol. The Bertz CT molecular complexity index is 1540. The highest BCUT2D eigenvalue weighted by molar-refractivity contribution is 7.89. The van der Waals surface area contributed by atoms with E-state index in [-0.39, 0.29) is 21.2 Å². The number of carbonyl (C=O) groups excluding carboxylic acids is 1. The van der Waals surface area contributed by atoms with Crippen molar-refractivity contribution >= 4 is 43.2 Å². The lowest BCUT2D eigenvalue weighted by Crippen LogP contribution is -2.47. The molecule has 1 saturated heterocycles. The molecular formula is C27H31ClN4O6S2. The molecule has 1 amide bonds. The molecular weight excluding hydrogens is 576 g/mol. The lowest BCUT2D eigenvalue weighted by molar-refractivity contribution is -0.117. The van der Waals surface area contributed by atoms with Gasteiger partial charge in [-0.2, -0.15) is 9.03 Å². The molecule has 40 heavy (non-hydrogen) atoms. The maximum Gasteiger partial charge on any atom is 0.243 e. The van der Waals surface area contributed by atoms with E-state index in [1.54, 1.807) is 24.3 Å². The fraction of sp³-hybridized carbons (Fsp3) is 0.296. The number of amides is 1. The highest BCUT2D eigenvalue weighted by Gasteiger charge is 2.29. The number of nitrogens with one attached hydrogen (secondary N) is 2. The van der Waals surface area contributed by atoms with Crippen LogP contribution in [0.2, 0.25) is 5.02 Å². The summed E-state index contributed by atoms with van der Waals surface area (Å²) in [5, 5.41) is 2.81. The predicted octanol–water partition coefficient (Wildman–Crippen LogP) is 2.81. The number of piperazine rings is 1. The van der Waals surface area contributed by atoms with E-state index in [1.807, 2.05) is 13.1 Å². The molecule has 4 rings (SSSR count). The SMILES string of the molecule is COc1ccc(S(=O)(=O)N[C@H](Cc2ccccc2)C(=O)Nc2ccc(S(=O)(=O)N3CCN(C)CC3)cc2)cc1Cl. The third-order valence-corrected chi connectivity index (χ3v) is 10.2. The van der Waals surface area contributed by atoms with Gasteiger partial charge in [0.2, 0.25) is 26.0 Å². The number of methoxy groups -OCH3 is 1. The minimum Gasteiger partial charge on any atom is -0.495 e. The number of hydrogen-bond donors (Lipinski definition) is 2. The second-order valence-corrected chi connectivity index (χ2v) is 13.4. The first-order valence-electron chi connectivity index (χ1n) is 12.5. The van der Waals surface area contributed by atoms with Crippen LogP contribution in [0.3, 0.4) is 0 Å². The van der Waals surface area contributed by atoms with Crippen LogP contribution in [0.25, 0.3) is 0 Å². The second kappa shape index (κ2) is 12.7. The lowest BCUT2D eigenvalue weighted by Gasteiger charge is -2.31. The van der Waals surface area contributed by atoms with Crippen molar-refractivity contribution in [3.63, 3.8) is 0 Å². The van der Waals surface area contributed by atoms with Gasteiger partial charge in [0, 0.05) is 31.9 Å². The van der Waals surface area contributed by atoms with Crippen molar-refractivity contribution in [3.05, 3.63) is 83.4 Å². The van der Waals surface area contributed by atoms with Crippen molar-refractivity contribution in [3.8, 4) is 5.75 Å². The van der Waals surface area contributed by atoms with Gasteiger partial charge >= 0.3 is 0 Å². The van der Waals surface area contributed by atoms with Crippen molar-refractivity contribution in [2.24, 2.45) is 0 Å². The predicted molar refractivity (Wildman–Crippen MR) is 154 cm³/mol. The third-order valence-electron chi connectivity index (χ3n) is 6.55. The summed E-state index contributed by atoms with van der Waals surface area (Å²) in [5.74, 6) is -0.293. The molecule has 214 valence electrons. The van der Waals surface area contributed by atoms with Crippen LogP contribution < -0.4 is 14.8 Å². The van der Waals surface area contributed by atoms with Gasteiger partial charge in [-0.1, -0.05) is 41.9 Å². The third kappa shape index (κ3) is 7.19. The van der Waals surface area contributed by atoms with E-state index < -0.39 is 32.0 Å². The zero-order valence-corrected chi connectivity index (χ0v) is 24.5. The molecule has 1 atom stereocenters. The Kier molecular flexibility index (Phi) is 9.49. The monoisotopic (exact) mass is 606 g/mol. The smallest absolute Gasteiger partial charge is 0.243 e. The summed E-state index contributed by atoms with van der Waals surface area (Å²) in [5.41, 5.74) is 1.07. The quantitative estimate of drug-likeness (QED) is 0.364. The molecule has 0 saturated carbocycles. The molecule has 10 nitrogen and oxygen atoms in total. The van der Waals surface area contributed by atoms with E-state index in [4.69, 9.17) is 16.3 Å². The first-order valence-corrected chi connectivity index (χ1v) is 15.8. The van der Waals surface area contributed by atoms with Crippen molar-refractivity contribution in [2.75, 3.05) is 45.7 Å². The number of hydrogen-bond acceptors (Lipinski definition) is 7. The van der Waals surface area contributed by atoms with E-state index in [1.165, 1.54) is 53.9 Å². The average Bonchev–Trinajstić information content (AvgIpc) is 2.93.